The number of likely N-dealkylation sites (N-methyl/N-ethyl adjacent to an activating group) is 1. The Hall–Kier alpha value is -0.770. The van der Waals surface area contributed by atoms with E-state index in [1.54, 1.807) is 0 Å². The quantitative estimate of drug-likeness (QED) is 0.871. The topological polar surface area (TPSA) is 24.5 Å². The van der Waals surface area contributed by atoms with E-state index in [-0.39, 0.29) is 0 Å². The Morgan fingerprint density at radius 2 is 2.25 bits per heavy atom. The van der Waals surface area contributed by atoms with Crippen molar-refractivity contribution in [3.8, 4) is 0 Å². The molecular formula is C16H25ClN2O. The van der Waals surface area contributed by atoms with Crippen LogP contribution in [0.3, 0.4) is 0 Å². The van der Waals surface area contributed by atoms with Gasteiger partial charge in [0.2, 0.25) is 0 Å². The van der Waals surface area contributed by atoms with Gasteiger partial charge in [0.1, 0.15) is 0 Å². The van der Waals surface area contributed by atoms with Gasteiger partial charge in [-0.15, -0.1) is 0 Å². The summed E-state index contributed by atoms with van der Waals surface area (Å²) in [7, 11) is 2.09. The number of benzene rings is 1. The maximum Gasteiger partial charge on any atom is 0.0670 e. The van der Waals surface area contributed by atoms with Gasteiger partial charge in [-0.2, -0.15) is 0 Å². The van der Waals surface area contributed by atoms with Crippen molar-refractivity contribution >= 4 is 17.3 Å². The lowest BCUT2D eigenvalue weighted by atomic mass is 10.1. The van der Waals surface area contributed by atoms with E-state index in [0.717, 1.165) is 43.4 Å². The molecule has 0 aliphatic carbocycles. The highest BCUT2D eigenvalue weighted by molar-refractivity contribution is 6.33. The third kappa shape index (κ3) is 4.11. The molecule has 0 spiro atoms. The third-order valence-corrected chi connectivity index (χ3v) is 4.03. The highest BCUT2D eigenvalue weighted by atomic mass is 35.5. The van der Waals surface area contributed by atoms with E-state index in [2.05, 4.69) is 49.3 Å². The smallest absolute Gasteiger partial charge is 0.0670 e. The molecule has 0 bridgehead atoms. The lowest BCUT2D eigenvalue weighted by molar-refractivity contribution is 0.193. The number of nitrogens with one attached hydrogen (secondary N) is 1. The van der Waals surface area contributed by atoms with E-state index in [0.29, 0.717) is 12.0 Å². The minimum Gasteiger partial charge on any atom is -0.379 e. The molecule has 0 aromatic heterocycles. The summed E-state index contributed by atoms with van der Waals surface area (Å²) in [6.07, 6.45) is 1.07. The number of halogens is 1. The minimum atomic E-state index is 0.442. The van der Waals surface area contributed by atoms with Crippen molar-refractivity contribution in [3.05, 3.63) is 28.8 Å². The molecule has 1 aromatic carbocycles. The Kier molecular flexibility index (Phi) is 5.70. The fourth-order valence-corrected chi connectivity index (χ4v) is 2.81. The van der Waals surface area contributed by atoms with Crippen LogP contribution in [-0.2, 0) is 11.3 Å². The van der Waals surface area contributed by atoms with Crippen LogP contribution in [0.2, 0.25) is 5.02 Å². The second-order valence-corrected chi connectivity index (χ2v) is 6.35. The van der Waals surface area contributed by atoms with Gasteiger partial charge < -0.3 is 15.0 Å². The first-order valence-electron chi connectivity index (χ1n) is 7.37. The van der Waals surface area contributed by atoms with E-state index < -0.39 is 0 Å². The van der Waals surface area contributed by atoms with Gasteiger partial charge in [-0.05, 0) is 36.6 Å². The van der Waals surface area contributed by atoms with E-state index >= 15 is 0 Å². The van der Waals surface area contributed by atoms with Crippen LogP contribution in [-0.4, -0.2) is 32.8 Å². The van der Waals surface area contributed by atoms with Gasteiger partial charge in [-0.1, -0.05) is 31.5 Å². The number of hydrogen-bond donors (Lipinski definition) is 1. The summed E-state index contributed by atoms with van der Waals surface area (Å²) in [5.74, 6) is 0.665. The van der Waals surface area contributed by atoms with Crippen molar-refractivity contribution < 1.29 is 4.74 Å². The lowest BCUT2D eigenvalue weighted by Crippen LogP contribution is -2.32. The Morgan fingerprint density at radius 1 is 1.45 bits per heavy atom. The van der Waals surface area contributed by atoms with Crippen LogP contribution in [0.1, 0.15) is 25.8 Å². The number of anilines is 1. The van der Waals surface area contributed by atoms with E-state index in [1.807, 2.05) is 0 Å². The molecule has 1 heterocycles. The zero-order chi connectivity index (χ0) is 14.5. The monoisotopic (exact) mass is 296 g/mol. The highest BCUT2D eigenvalue weighted by Gasteiger charge is 2.21. The minimum absolute atomic E-state index is 0.442. The van der Waals surface area contributed by atoms with Crippen molar-refractivity contribution in [2.75, 3.05) is 31.7 Å². The van der Waals surface area contributed by atoms with Gasteiger partial charge in [0.25, 0.3) is 0 Å². The average Bonchev–Trinajstić information content (AvgIpc) is 2.91. The second-order valence-electron chi connectivity index (χ2n) is 5.94. The summed E-state index contributed by atoms with van der Waals surface area (Å²) < 4.78 is 5.44. The first kappa shape index (κ1) is 15.6. The van der Waals surface area contributed by atoms with Crippen molar-refractivity contribution in [1.29, 1.82) is 0 Å². The molecule has 1 fully saturated rings. The van der Waals surface area contributed by atoms with E-state index in [4.69, 9.17) is 16.3 Å². The van der Waals surface area contributed by atoms with Crippen molar-refractivity contribution in [1.82, 2.24) is 5.32 Å². The molecule has 0 amide bonds. The number of nitrogens with zero attached hydrogens (tertiary/aromatic N) is 1. The SMILES string of the molecule is CC(C)CNCc1ccc(N(C)C2CCOC2)c(Cl)c1. The first-order valence-corrected chi connectivity index (χ1v) is 7.75. The molecule has 1 saturated heterocycles. The molecule has 3 nitrogen and oxygen atoms in total. The molecule has 20 heavy (non-hydrogen) atoms. The van der Waals surface area contributed by atoms with E-state index in [1.165, 1.54) is 5.56 Å². The summed E-state index contributed by atoms with van der Waals surface area (Å²) >= 11 is 6.43. The largest absolute Gasteiger partial charge is 0.379 e. The average molecular weight is 297 g/mol. The van der Waals surface area contributed by atoms with Gasteiger partial charge in [0, 0.05) is 20.2 Å². The highest BCUT2D eigenvalue weighted by Crippen LogP contribution is 2.29. The van der Waals surface area contributed by atoms with Crippen LogP contribution >= 0.6 is 11.6 Å². The Morgan fingerprint density at radius 3 is 2.85 bits per heavy atom. The fourth-order valence-electron chi connectivity index (χ4n) is 2.48. The lowest BCUT2D eigenvalue weighted by Gasteiger charge is -2.26. The summed E-state index contributed by atoms with van der Waals surface area (Å²) in [5, 5.41) is 4.26. The zero-order valence-electron chi connectivity index (χ0n) is 12.7. The van der Waals surface area contributed by atoms with Crippen molar-refractivity contribution in [2.45, 2.75) is 32.9 Å². The zero-order valence-corrected chi connectivity index (χ0v) is 13.4. The Bertz CT molecular complexity index is 430. The molecule has 1 N–H and O–H groups in total. The maximum atomic E-state index is 6.43. The number of rotatable bonds is 6. The molecule has 0 saturated carbocycles. The van der Waals surface area contributed by atoms with Gasteiger partial charge >= 0.3 is 0 Å². The molecule has 0 radical (unpaired) electrons. The normalized spacial score (nSPS) is 18.8. The van der Waals surface area contributed by atoms with Crippen LogP contribution in [0, 0.1) is 5.92 Å². The van der Waals surface area contributed by atoms with Gasteiger partial charge in [-0.25, -0.2) is 0 Å². The van der Waals surface area contributed by atoms with Crippen molar-refractivity contribution in [3.63, 3.8) is 0 Å². The summed E-state index contributed by atoms with van der Waals surface area (Å²) in [4.78, 5) is 2.24. The number of hydrogen-bond acceptors (Lipinski definition) is 3. The molecule has 112 valence electrons. The Balaban J connectivity index is 1.98. The van der Waals surface area contributed by atoms with Crippen LogP contribution in [0.15, 0.2) is 18.2 Å². The van der Waals surface area contributed by atoms with E-state index in [9.17, 15) is 0 Å². The van der Waals surface area contributed by atoms with Crippen LogP contribution < -0.4 is 10.2 Å². The predicted octanol–water partition coefficient (Wildman–Crippen LogP) is 3.31. The Labute approximate surface area is 127 Å². The van der Waals surface area contributed by atoms with Crippen LogP contribution in [0.25, 0.3) is 0 Å². The fraction of sp³-hybridized carbons (Fsp3) is 0.625. The van der Waals surface area contributed by atoms with Gasteiger partial charge in [-0.3, -0.25) is 0 Å². The molecule has 1 aliphatic heterocycles. The second kappa shape index (κ2) is 7.30. The maximum absolute atomic E-state index is 6.43. The predicted molar refractivity (Wildman–Crippen MR) is 85.6 cm³/mol. The summed E-state index contributed by atoms with van der Waals surface area (Å²) in [5.41, 5.74) is 2.32. The molecule has 1 atom stereocenters. The van der Waals surface area contributed by atoms with Crippen LogP contribution in [0.5, 0.6) is 0 Å². The molecule has 1 aliphatic rings. The standard InChI is InChI=1S/C16H25ClN2O/c1-12(2)9-18-10-13-4-5-16(15(17)8-13)19(3)14-6-7-20-11-14/h4-5,8,12,14,18H,6-7,9-11H2,1-3H3. The van der Waals surface area contributed by atoms with Crippen molar-refractivity contribution in [2.24, 2.45) is 5.92 Å². The van der Waals surface area contributed by atoms with Crippen LogP contribution in [0.4, 0.5) is 5.69 Å². The van der Waals surface area contributed by atoms with Gasteiger partial charge in [0.15, 0.2) is 0 Å². The number of ether oxygens (including phenoxy) is 1. The van der Waals surface area contributed by atoms with Gasteiger partial charge in [0.05, 0.1) is 23.4 Å². The molecule has 1 unspecified atom stereocenters. The molecular weight excluding hydrogens is 272 g/mol. The molecule has 1 aromatic rings. The summed E-state index contributed by atoms with van der Waals surface area (Å²) in [6.45, 7) is 7.96. The third-order valence-electron chi connectivity index (χ3n) is 3.73. The first-order chi connectivity index (χ1) is 9.58. The summed E-state index contributed by atoms with van der Waals surface area (Å²) in [6, 6.07) is 6.78. The molecule has 2 rings (SSSR count). The molecule has 4 heteroatoms.